The first-order valence-corrected chi connectivity index (χ1v) is 30.4. The molecule has 0 aliphatic carbocycles. The molecule has 0 bridgehead atoms. The molecule has 94 heavy (non-hydrogen) atoms. The molecule has 2 heterocycles. The maximum Gasteiger partial charge on any atom is 0.292 e. The lowest BCUT2D eigenvalue weighted by molar-refractivity contribution is -0.384. The number of rotatable bonds is 30. The molecule has 0 aliphatic heterocycles. The molecule has 0 unspecified atom stereocenters. The van der Waals surface area contributed by atoms with Gasteiger partial charge in [0.05, 0.1) is 62.5 Å². The molecule has 526 valence electrons. The van der Waals surface area contributed by atoms with E-state index in [0.717, 1.165) is 90.2 Å². The molecule has 0 saturated carbocycles. The first-order chi connectivity index (χ1) is 44.7. The summed E-state index contributed by atoms with van der Waals surface area (Å²) in [5.74, 6) is 2.38. The molecule has 0 radical (unpaired) electrons. The number of aliphatic hydroxyl groups is 2. The van der Waals surface area contributed by atoms with Gasteiger partial charge < -0.3 is 95.5 Å². The van der Waals surface area contributed by atoms with Crippen molar-refractivity contribution in [3.63, 3.8) is 0 Å². The number of benzene rings is 5. The normalized spacial score (nSPS) is 10.8. The van der Waals surface area contributed by atoms with Crippen LogP contribution in [0, 0.1) is 26.0 Å². The van der Waals surface area contributed by atoms with Gasteiger partial charge in [0.25, 0.3) is 11.4 Å². The number of nitrogen functional groups attached to an aromatic ring is 4. The number of halogens is 1. The number of likely N-dealkylation sites (N-methyl/N-ethyl adjacent to an activating group) is 5. The second kappa shape index (κ2) is 47.6. The minimum absolute atomic E-state index is 0.0973. The average molecular weight is 1330 g/mol. The summed E-state index contributed by atoms with van der Waals surface area (Å²) in [6.45, 7) is 18.9. The number of hydrogen-bond donors (Lipinski definition) is 6. The molecule has 0 spiro atoms. The summed E-state index contributed by atoms with van der Waals surface area (Å²) in [5, 5.41) is 36.4. The zero-order valence-electron chi connectivity index (χ0n) is 57.5. The van der Waals surface area contributed by atoms with Gasteiger partial charge in [0, 0.05) is 108 Å². The maximum absolute atomic E-state index is 12.3. The van der Waals surface area contributed by atoms with Gasteiger partial charge in [-0.3, -0.25) is 29.4 Å². The molecular weight excluding hydrogens is 1220 g/mol. The predicted octanol–water partition coefficient (Wildman–Crippen LogP) is 7.78. The smallest absolute Gasteiger partial charge is 0.292 e. The topological polar surface area (TPSA) is 356 Å². The zero-order valence-corrected chi connectivity index (χ0v) is 57.5. The van der Waals surface area contributed by atoms with Gasteiger partial charge in [0.2, 0.25) is 12.8 Å². The van der Waals surface area contributed by atoms with Gasteiger partial charge in [0.1, 0.15) is 66.6 Å². The van der Waals surface area contributed by atoms with Crippen LogP contribution < -0.4 is 41.9 Å². The highest BCUT2D eigenvalue weighted by Gasteiger charge is 2.17. The molecule has 10 N–H and O–H groups in total. The van der Waals surface area contributed by atoms with E-state index in [9.17, 15) is 24.6 Å². The van der Waals surface area contributed by atoms with Gasteiger partial charge in [-0.15, -0.1) is 0 Å². The van der Waals surface area contributed by atoms with Crippen LogP contribution in [0.5, 0.6) is 23.0 Å². The molecule has 0 amide bonds. The third-order valence-electron chi connectivity index (χ3n) is 12.0. The highest BCUT2D eigenvalue weighted by atomic mass is 19.1. The first kappa shape index (κ1) is 83.7. The lowest BCUT2D eigenvalue weighted by atomic mass is 10.2. The Balaban J connectivity index is 0.000000578. The van der Waals surface area contributed by atoms with E-state index in [1.165, 1.54) is 12.1 Å². The summed E-state index contributed by atoms with van der Waals surface area (Å²) in [7, 11) is 19.8. The molecule has 0 aliphatic rings. The first-order valence-electron chi connectivity index (χ1n) is 30.4. The Morgan fingerprint density at radius 2 is 0.809 bits per heavy atom. The van der Waals surface area contributed by atoms with Crippen LogP contribution in [0.15, 0.2) is 104 Å². The van der Waals surface area contributed by atoms with Crippen molar-refractivity contribution in [2.75, 3.05) is 192 Å². The minimum Gasteiger partial charge on any atom is -0.492 e. The highest BCUT2D eigenvalue weighted by molar-refractivity contribution is 5.78. The van der Waals surface area contributed by atoms with E-state index in [2.05, 4.69) is 24.7 Å². The van der Waals surface area contributed by atoms with Crippen LogP contribution in [0.25, 0.3) is 22.1 Å². The summed E-state index contributed by atoms with van der Waals surface area (Å²) in [5.41, 5.74) is 26.3. The fourth-order valence-corrected chi connectivity index (χ4v) is 7.23. The molecule has 0 fully saturated rings. The number of nitrogens with two attached hydrogens (primary N) is 4. The van der Waals surface area contributed by atoms with Crippen molar-refractivity contribution in [2.24, 2.45) is 0 Å². The Kier molecular flexibility index (Phi) is 42.4. The summed E-state index contributed by atoms with van der Waals surface area (Å²) < 4.78 is 61.0. The number of aliphatic hydroxyl groups excluding tert-OH is 2. The van der Waals surface area contributed by atoms with E-state index in [1.54, 1.807) is 37.8 Å². The van der Waals surface area contributed by atoms with Crippen LogP contribution in [-0.4, -0.2) is 233 Å². The fraction of sp³-hybridized carbons (Fsp3) is 0.500. The van der Waals surface area contributed by atoms with Crippen molar-refractivity contribution in [2.45, 2.75) is 47.4 Å². The van der Waals surface area contributed by atoms with Crippen LogP contribution >= 0.6 is 0 Å². The number of anilines is 4. The summed E-state index contributed by atoms with van der Waals surface area (Å²) in [6, 6.07) is 24.3. The van der Waals surface area contributed by atoms with Gasteiger partial charge in [0.15, 0.2) is 0 Å². The fourth-order valence-electron chi connectivity index (χ4n) is 7.23. The van der Waals surface area contributed by atoms with Gasteiger partial charge in [-0.2, -0.15) is 0 Å². The van der Waals surface area contributed by atoms with Crippen molar-refractivity contribution in [1.29, 1.82) is 0 Å². The van der Waals surface area contributed by atoms with Crippen LogP contribution in [0.2, 0.25) is 0 Å². The van der Waals surface area contributed by atoms with E-state index < -0.39 is 28.5 Å². The molecule has 0 saturated heterocycles. The summed E-state index contributed by atoms with van der Waals surface area (Å²) >= 11 is 0. The number of aromatic nitrogens is 4. The second-order valence-electron chi connectivity index (χ2n) is 21.2. The van der Waals surface area contributed by atoms with Crippen LogP contribution in [0.4, 0.5) is 38.5 Å². The molecule has 0 atom stereocenters. The molecule has 7 rings (SSSR count). The predicted molar refractivity (Wildman–Crippen MR) is 369 cm³/mol. The van der Waals surface area contributed by atoms with Crippen LogP contribution in [-0.2, 0) is 18.9 Å². The van der Waals surface area contributed by atoms with E-state index in [-0.39, 0.29) is 36.0 Å². The Hall–Kier alpha value is -8.27. The second-order valence-corrected chi connectivity index (χ2v) is 21.2. The summed E-state index contributed by atoms with van der Waals surface area (Å²) in [4.78, 5) is 38.4. The van der Waals surface area contributed by atoms with Gasteiger partial charge in [-0.1, -0.05) is 0 Å². The Morgan fingerprint density at radius 3 is 1.18 bits per heavy atom. The molecule has 2 aromatic heterocycles. The van der Waals surface area contributed by atoms with Gasteiger partial charge in [-0.25, -0.2) is 14.4 Å². The largest absolute Gasteiger partial charge is 0.492 e. The number of hydrogen-bond acceptors (Lipinski definition) is 25. The maximum atomic E-state index is 12.3. The molecule has 29 nitrogen and oxygen atoms in total. The average Bonchev–Trinajstić information content (AvgIpc) is 1.67. The lowest BCUT2D eigenvalue weighted by Gasteiger charge is -2.19. The monoisotopic (exact) mass is 1330 g/mol. The third-order valence-corrected chi connectivity index (χ3v) is 12.0. The number of nitrogens with zero attached hydrogens (tertiary/aromatic N) is 11. The molecule has 30 heteroatoms. The van der Waals surface area contributed by atoms with E-state index in [1.807, 2.05) is 160 Å². The molecule has 5 aromatic carbocycles. The van der Waals surface area contributed by atoms with Crippen molar-refractivity contribution >= 4 is 56.2 Å². The highest BCUT2D eigenvalue weighted by Crippen LogP contribution is 2.28. The van der Waals surface area contributed by atoms with E-state index in [4.69, 9.17) is 71.0 Å². The standard InChI is InChI=1S/2C16H25N3O3.C10H15N3O3.C10H17N3O.C6H5FN2O2.C4H11NO.C2H6O/c1-5-20-16(21-6-2)19-12-17-14-11-13(7-8-15(14)19)22-10-9-18(3)4;1-5-20-16(21-6-2)19-12-17-14-8-7-13(11-15(14)19)22-10-9-18(3)4;1-12(2)5-6-16-8-3-4-10(13(14)15)9(11)7-8;1-13(2)5-6-14-8-3-4-9(11)10(12)7-8;7-4-1-2-6(9(10)11)5(8)3-4;1-5(2)3-4-6;1-2-3/h2*7-8,11-12,16H,5-6,9-10H2,1-4H3;3-4,7H,5-6,11H2,1-2H3;3-4,7H,5-6,11-12H2,1-2H3;1-3H,8H2;6H,3-4H2,1-2H3;3H,2H2,1H3. The van der Waals surface area contributed by atoms with Gasteiger partial charge >= 0.3 is 0 Å². The van der Waals surface area contributed by atoms with Crippen molar-refractivity contribution in [3.05, 3.63) is 130 Å². The van der Waals surface area contributed by atoms with Crippen LogP contribution in [0.1, 0.15) is 47.4 Å². The minimum atomic E-state index is -0.658. The van der Waals surface area contributed by atoms with E-state index >= 15 is 0 Å². The Bertz CT molecular complexity index is 3180. The van der Waals surface area contributed by atoms with Gasteiger partial charge in [-0.05, 0) is 154 Å². The van der Waals surface area contributed by atoms with Crippen LogP contribution in [0.3, 0.4) is 0 Å². The van der Waals surface area contributed by atoms with E-state index in [0.29, 0.717) is 70.0 Å². The zero-order chi connectivity index (χ0) is 70.7. The Morgan fingerprint density at radius 1 is 0.457 bits per heavy atom. The molecular formula is C64H104FN15O14. The SMILES string of the molecule is CCO.CCOC(OCC)n1cnc2cc(OCCN(C)C)ccc21.CCOC(OCC)n1cnc2ccc(OCCN(C)C)cc21.CN(C)CCO.CN(C)CCOc1ccc(N)c(N)c1.CN(C)CCOc1ccc([N+](=O)[O-])c(N)c1.Nc1cc(F)ccc1[N+](=O)[O-]. The third kappa shape index (κ3) is 34.1. The number of nitro groups is 2. The van der Waals surface area contributed by atoms with Crippen molar-refractivity contribution in [3.8, 4) is 23.0 Å². The summed E-state index contributed by atoms with van der Waals surface area (Å²) in [6.07, 6.45) is 2.58. The number of nitro benzene ring substituents is 2. The quantitative estimate of drug-likeness (QED) is 0.0108. The number of fused-ring (bicyclic) bond motifs is 2. The Labute approximate surface area is 552 Å². The van der Waals surface area contributed by atoms with Crippen molar-refractivity contribution in [1.82, 2.24) is 43.6 Å². The number of ether oxygens (including phenoxy) is 8. The molecule has 7 aromatic rings. The van der Waals surface area contributed by atoms with Crippen molar-refractivity contribution < 1.29 is 62.3 Å². The number of imidazole rings is 2. The lowest BCUT2D eigenvalue weighted by Crippen LogP contribution is -2.19.